The highest BCUT2D eigenvalue weighted by Gasteiger charge is 2.61. The Balaban J connectivity index is 1.61. The van der Waals surface area contributed by atoms with E-state index in [2.05, 4.69) is 0 Å². The number of Topliss-reactive ketones (excluding diaryl/α,β-unsaturated/α-hetero) is 1. The van der Waals surface area contributed by atoms with E-state index in [4.69, 9.17) is 4.74 Å². The van der Waals surface area contributed by atoms with Crippen molar-refractivity contribution in [3.63, 3.8) is 0 Å². The second kappa shape index (κ2) is 4.28. The van der Waals surface area contributed by atoms with Crippen LogP contribution in [0.15, 0.2) is 0 Å². The van der Waals surface area contributed by atoms with Crippen molar-refractivity contribution in [2.24, 2.45) is 29.6 Å². The van der Waals surface area contributed by atoms with Crippen LogP contribution in [0, 0.1) is 29.6 Å². The van der Waals surface area contributed by atoms with E-state index < -0.39 is 21.8 Å². The standard InChI is InChI=1S/C12H16O6S/c13-10-5-9-7-3-6(4-8(7)10)11(9)12(14)18-1-2-19(15,16)17/h6-9,11H,1-5H2,(H,15,16,17)/p-1. The van der Waals surface area contributed by atoms with E-state index in [1.54, 1.807) is 0 Å². The lowest BCUT2D eigenvalue weighted by Gasteiger charge is -2.25. The number of hydrogen-bond donors (Lipinski definition) is 0. The summed E-state index contributed by atoms with van der Waals surface area (Å²) in [5.41, 5.74) is 0. The minimum Gasteiger partial charge on any atom is -0.748 e. The Labute approximate surface area is 111 Å². The van der Waals surface area contributed by atoms with Crippen LogP contribution in [0.3, 0.4) is 0 Å². The molecular weight excluding hydrogens is 272 g/mol. The second-order valence-electron chi connectivity index (χ2n) is 5.79. The largest absolute Gasteiger partial charge is 0.748 e. The topological polar surface area (TPSA) is 101 Å². The van der Waals surface area contributed by atoms with Gasteiger partial charge in [-0.2, -0.15) is 0 Å². The number of rotatable bonds is 4. The van der Waals surface area contributed by atoms with Crippen molar-refractivity contribution >= 4 is 21.9 Å². The highest BCUT2D eigenvalue weighted by Crippen LogP contribution is 2.61. The van der Waals surface area contributed by atoms with Crippen LogP contribution in [0.25, 0.3) is 0 Å². The molecule has 0 heterocycles. The van der Waals surface area contributed by atoms with Crippen molar-refractivity contribution in [3.05, 3.63) is 0 Å². The predicted octanol–water partition coefficient (Wildman–Crippen LogP) is -0.0640. The molecule has 0 aliphatic heterocycles. The summed E-state index contributed by atoms with van der Waals surface area (Å²) in [7, 11) is -4.35. The Kier molecular flexibility index (Phi) is 2.94. The summed E-state index contributed by atoms with van der Waals surface area (Å²) in [6.45, 7) is -0.386. The van der Waals surface area contributed by atoms with E-state index in [1.165, 1.54) is 0 Å². The summed E-state index contributed by atoms with van der Waals surface area (Å²) in [6.07, 6.45) is 2.12. The molecule has 3 saturated carbocycles. The van der Waals surface area contributed by atoms with Crippen LogP contribution in [0.5, 0.6) is 0 Å². The van der Waals surface area contributed by atoms with Gasteiger partial charge >= 0.3 is 5.97 Å². The van der Waals surface area contributed by atoms with E-state index in [0.29, 0.717) is 12.3 Å². The van der Waals surface area contributed by atoms with Crippen LogP contribution < -0.4 is 0 Å². The first-order valence-electron chi connectivity index (χ1n) is 6.50. The molecular formula is C12H15O6S-. The number of fused-ring (bicyclic) bond motifs is 1. The van der Waals surface area contributed by atoms with E-state index in [1.807, 2.05) is 0 Å². The van der Waals surface area contributed by atoms with Gasteiger partial charge in [0, 0.05) is 12.3 Å². The maximum Gasteiger partial charge on any atom is 0.309 e. The van der Waals surface area contributed by atoms with Crippen molar-refractivity contribution in [2.75, 3.05) is 12.4 Å². The van der Waals surface area contributed by atoms with Gasteiger partial charge in [-0.25, -0.2) is 8.42 Å². The van der Waals surface area contributed by atoms with Crippen LogP contribution in [0.1, 0.15) is 19.3 Å². The highest BCUT2D eigenvalue weighted by atomic mass is 32.2. The van der Waals surface area contributed by atoms with Gasteiger partial charge in [0.25, 0.3) is 0 Å². The molecule has 5 atom stereocenters. The Morgan fingerprint density at radius 1 is 1.32 bits per heavy atom. The van der Waals surface area contributed by atoms with Crippen molar-refractivity contribution in [1.29, 1.82) is 0 Å². The third-order valence-corrected chi connectivity index (χ3v) is 5.53. The van der Waals surface area contributed by atoms with Crippen LogP contribution in [0.4, 0.5) is 0 Å². The maximum absolute atomic E-state index is 12.0. The van der Waals surface area contributed by atoms with Gasteiger partial charge in [-0.3, -0.25) is 9.59 Å². The van der Waals surface area contributed by atoms with Crippen LogP contribution in [-0.2, 0) is 24.4 Å². The average Bonchev–Trinajstić information content (AvgIpc) is 2.87. The maximum atomic E-state index is 12.0. The number of hydrogen-bond acceptors (Lipinski definition) is 6. The van der Waals surface area contributed by atoms with Gasteiger partial charge in [-0.1, -0.05) is 0 Å². The molecule has 3 fully saturated rings. The fraction of sp³-hybridized carbons (Fsp3) is 0.833. The summed E-state index contributed by atoms with van der Waals surface area (Å²) in [5, 5.41) is 0. The summed E-state index contributed by atoms with van der Waals surface area (Å²) in [5.74, 6) is -0.410. The van der Waals surface area contributed by atoms with Gasteiger partial charge in [0.2, 0.25) is 0 Å². The summed E-state index contributed by atoms with van der Waals surface area (Å²) < 4.78 is 36.2. The molecule has 0 aromatic carbocycles. The molecule has 0 radical (unpaired) electrons. The molecule has 6 nitrogen and oxygen atoms in total. The molecule has 19 heavy (non-hydrogen) atoms. The van der Waals surface area contributed by atoms with Crippen molar-refractivity contribution in [3.8, 4) is 0 Å². The fourth-order valence-corrected chi connectivity index (χ4v) is 4.52. The molecule has 0 aromatic heterocycles. The van der Waals surface area contributed by atoms with E-state index in [0.717, 1.165) is 12.8 Å². The van der Waals surface area contributed by atoms with E-state index in [-0.39, 0.29) is 36.1 Å². The third kappa shape index (κ3) is 2.18. The zero-order valence-electron chi connectivity index (χ0n) is 10.3. The lowest BCUT2D eigenvalue weighted by atomic mass is 9.80. The van der Waals surface area contributed by atoms with Crippen LogP contribution in [0.2, 0.25) is 0 Å². The van der Waals surface area contributed by atoms with Gasteiger partial charge in [0.1, 0.15) is 12.4 Å². The van der Waals surface area contributed by atoms with Crippen molar-refractivity contribution < 1.29 is 27.3 Å². The van der Waals surface area contributed by atoms with E-state index >= 15 is 0 Å². The molecule has 5 unspecified atom stereocenters. The number of carbonyl (C=O) groups is 2. The molecule has 106 valence electrons. The van der Waals surface area contributed by atoms with Crippen molar-refractivity contribution in [1.82, 2.24) is 0 Å². The molecule has 0 aromatic rings. The first kappa shape index (κ1) is 13.1. The number of ether oxygens (including phenoxy) is 1. The van der Waals surface area contributed by atoms with Crippen LogP contribution in [-0.4, -0.2) is 37.1 Å². The first-order valence-corrected chi connectivity index (χ1v) is 8.07. The van der Waals surface area contributed by atoms with E-state index in [9.17, 15) is 22.6 Å². The highest BCUT2D eigenvalue weighted by molar-refractivity contribution is 7.85. The summed E-state index contributed by atoms with van der Waals surface area (Å²) >= 11 is 0. The lowest BCUT2D eigenvalue weighted by molar-refractivity contribution is -0.151. The van der Waals surface area contributed by atoms with Gasteiger partial charge in [0.15, 0.2) is 0 Å². The molecule has 0 saturated heterocycles. The third-order valence-electron chi connectivity index (χ3n) is 4.87. The number of carbonyl (C=O) groups excluding carboxylic acids is 2. The van der Waals surface area contributed by atoms with Gasteiger partial charge < -0.3 is 9.29 Å². The molecule has 3 rings (SSSR count). The summed E-state index contributed by atoms with van der Waals surface area (Å²) in [6, 6.07) is 0. The van der Waals surface area contributed by atoms with Gasteiger partial charge in [-0.05, 0) is 30.6 Å². The quantitative estimate of drug-likeness (QED) is 0.530. The molecule has 2 bridgehead atoms. The zero-order chi connectivity index (χ0) is 13.8. The molecule has 0 N–H and O–H groups in total. The Morgan fingerprint density at radius 3 is 2.74 bits per heavy atom. The molecule has 3 aliphatic carbocycles. The average molecular weight is 287 g/mol. The predicted molar refractivity (Wildman–Crippen MR) is 61.8 cm³/mol. The number of esters is 1. The molecule has 0 spiro atoms. The van der Waals surface area contributed by atoms with Gasteiger partial charge in [-0.15, -0.1) is 0 Å². The SMILES string of the molecule is O=C1CC2C3CC(CC13)C2C(=O)OCCS(=O)(=O)[O-]. The second-order valence-corrected chi connectivity index (χ2v) is 7.31. The number of ketones is 1. The molecule has 3 aliphatic rings. The Bertz CT molecular complexity index is 524. The Hall–Kier alpha value is -0.950. The van der Waals surface area contributed by atoms with Crippen LogP contribution >= 0.6 is 0 Å². The minimum atomic E-state index is -4.35. The lowest BCUT2D eigenvalue weighted by Crippen LogP contribution is -2.31. The Morgan fingerprint density at radius 2 is 2.05 bits per heavy atom. The normalized spacial score (nSPS) is 39.8. The monoisotopic (exact) mass is 287 g/mol. The first-order chi connectivity index (χ1) is 8.87. The zero-order valence-corrected chi connectivity index (χ0v) is 11.1. The molecule has 0 amide bonds. The van der Waals surface area contributed by atoms with Crippen molar-refractivity contribution in [2.45, 2.75) is 19.3 Å². The van der Waals surface area contributed by atoms with Gasteiger partial charge in [0.05, 0.1) is 21.8 Å². The minimum absolute atomic E-state index is 0.0765. The fourth-order valence-electron chi connectivity index (χ4n) is 4.23. The summed E-state index contributed by atoms with van der Waals surface area (Å²) in [4.78, 5) is 23.7. The molecule has 7 heteroatoms. The smallest absolute Gasteiger partial charge is 0.309 e.